The molecule has 5 atom stereocenters. The van der Waals surface area contributed by atoms with Crippen molar-refractivity contribution in [1.29, 1.82) is 0 Å². The SMILES string of the molecule is O=C(n1ccc2ccccc21)[C@@]1(O)[C@@H](O)C(O)O[C@](Br)(CO)[C@@]1(O)Cl. The maximum atomic E-state index is 13.0. The van der Waals surface area contributed by atoms with Crippen LogP contribution < -0.4 is 0 Å². The van der Waals surface area contributed by atoms with E-state index >= 15 is 0 Å². The highest BCUT2D eigenvalue weighted by Gasteiger charge is 2.74. The Morgan fingerprint density at radius 2 is 1.92 bits per heavy atom. The second kappa shape index (κ2) is 6.00. The average Bonchev–Trinajstić information content (AvgIpc) is 3.02. The molecule has 5 N–H and O–H groups in total. The second-order valence-corrected chi connectivity index (χ2v) is 7.61. The standard InChI is InChI=1S/C15H15BrClNO7/c16-13(7-19)15(17,24)14(23,10(20)11(21)25-13)12(22)18-6-5-8-3-1-2-4-9(8)18/h1-6,10-11,19-21,23-24H,7H2/t10-,11?,13+,14-,15-/m0/s1. The van der Waals surface area contributed by atoms with Crippen LogP contribution in [0, 0.1) is 0 Å². The first-order chi connectivity index (χ1) is 11.6. The minimum Gasteiger partial charge on any atom is -0.392 e. The first-order valence-electron chi connectivity index (χ1n) is 7.18. The fourth-order valence-electron chi connectivity index (χ4n) is 2.87. The molecule has 3 rings (SSSR count). The molecule has 136 valence electrons. The van der Waals surface area contributed by atoms with Crippen LogP contribution in [0.2, 0.25) is 0 Å². The highest BCUT2D eigenvalue weighted by atomic mass is 79.9. The van der Waals surface area contributed by atoms with Crippen LogP contribution in [0.4, 0.5) is 0 Å². The lowest BCUT2D eigenvalue weighted by Crippen LogP contribution is -2.79. The number of benzene rings is 1. The van der Waals surface area contributed by atoms with Crippen LogP contribution in [0.25, 0.3) is 10.9 Å². The number of para-hydroxylation sites is 1. The van der Waals surface area contributed by atoms with Crippen LogP contribution in [0.15, 0.2) is 36.5 Å². The van der Waals surface area contributed by atoms with Crippen LogP contribution in [0.3, 0.4) is 0 Å². The number of hydrogen-bond donors (Lipinski definition) is 5. The third kappa shape index (κ3) is 2.39. The summed E-state index contributed by atoms with van der Waals surface area (Å²) in [5.74, 6) is -1.21. The third-order valence-electron chi connectivity index (χ3n) is 4.35. The molecule has 10 heteroatoms. The molecule has 0 aliphatic carbocycles. The monoisotopic (exact) mass is 435 g/mol. The van der Waals surface area contributed by atoms with E-state index in [1.165, 1.54) is 6.20 Å². The molecule has 1 saturated heterocycles. The molecule has 0 amide bonds. The topological polar surface area (TPSA) is 132 Å². The molecule has 0 radical (unpaired) electrons. The van der Waals surface area contributed by atoms with E-state index < -0.39 is 40.1 Å². The number of alkyl halides is 2. The average molecular weight is 437 g/mol. The van der Waals surface area contributed by atoms with Crippen molar-refractivity contribution in [3.05, 3.63) is 36.5 Å². The van der Waals surface area contributed by atoms with Gasteiger partial charge in [0.15, 0.2) is 10.8 Å². The smallest absolute Gasteiger partial charge is 0.270 e. The summed E-state index contributed by atoms with van der Waals surface area (Å²) >= 11 is 8.77. The largest absolute Gasteiger partial charge is 0.392 e. The Balaban J connectivity index is 2.19. The van der Waals surface area contributed by atoms with E-state index in [1.54, 1.807) is 30.3 Å². The zero-order valence-electron chi connectivity index (χ0n) is 12.6. The lowest BCUT2D eigenvalue weighted by atomic mass is 9.82. The number of aliphatic hydroxyl groups excluding tert-OH is 3. The number of halogens is 2. The molecule has 8 nitrogen and oxygen atoms in total. The summed E-state index contributed by atoms with van der Waals surface area (Å²) < 4.78 is 3.54. The minimum absolute atomic E-state index is 0.380. The molecule has 1 aromatic carbocycles. The second-order valence-electron chi connectivity index (χ2n) is 5.78. The molecule has 0 bridgehead atoms. The zero-order chi connectivity index (χ0) is 18.6. The van der Waals surface area contributed by atoms with Gasteiger partial charge in [0.25, 0.3) is 5.91 Å². The van der Waals surface area contributed by atoms with Crippen molar-refractivity contribution in [3.63, 3.8) is 0 Å². The Kier molecular flexibility index (Phi) is 4.50. The molecule has 1 aromatic heterocycles. The predicted molar refractivity (Wildman–Crippen MR) is 90.2 cm³/mol. The molecular formula is C15H15BrClNO7. The van der Waals surface area contributed by atoms with E-state index in [1.807, 2.05) is 0 Å². The summed E-state index contributed by atoms with van der Waals surface area (Å²) in [4.78, 5) is 13.0. The van der Waals surface area contributed by atoms with E-state index in [4.69, 9.17) is 16.3 Å². The third-order valence-corrected chi connectivity index (χ3v) is 6.19. The van der Waals surface area contributed by atoms with Crippen molar-refractivity contribution in [1.82, 2.24) is 4.57 Å². The lowest BCUT2D eigenvalue weighted by molar-refractivity contribution is -0.328. The van der Waals surface area contributed by atoms with Gasteiger partial charge >= 0.3 is 0 Å². The van der Waals surface area contributed by atoms with Crippen LogP contribution in [-0.4, -0.2) is 70.2 Å². The van der Waals surface area contributed by atoms with Crippen molar-refractivity contribution in [2.24, 2.45) is 0 Å². The predicted octanol–water partition coefficient (Wildman–Crippen LogP) is -0.267. The molecule has 2 heterocycles. The van der Waals surface area contributed by atoms with E-state index in [2.05, 4.69) is 15.9 Å². The number of fused-ring (bicyclic) bond motifs is 1. The van der Waals surface area contributed by atoms with E-state index in [0.29, 0.717) is 10.9 Å². The highest BCUT2D eigenvalue weighted by Crippen LogP contribution is 2.50. The van der Waals surface area contributed by atoms with Gasteiger partial charge in [-0.25, -0.2) is 0 Å². The van der Waals surface area contributed by atoms with E-state index in [-0.39, 0.29) is 0 Å². The van der Waals surface area contributed by atoms with Gasteiger partial charge < -0.3 is 30.3 Å². The molecular weight excluding hydrogens is 422 g/mol. The Labute approximate surface area is 154 Å². The summed E-state index contributed by atoms with van der Waals surface area (Å²) in [5, 5.41) is 48.7. The lowest BCUT2D eigenvalue weighted by Gasteiger charge is -2.53. The van der Waals surface area contributed by atoms with Crippen molar-refractivity contribution in [3.8, 4) is 0 Å². The molecule has 2 aromatic rings. The fourth-order valence-corrected chi connectivity index (χ4v) is 3.67. The zero-order valence-corrected chi connectivity index (χ0v) is 14.9. The van der Waals surface area contributed by atoms with Gasteiger partial charge in [-0.1, -0.05) is 29.8 Å². The molecule has 1 unspecified atom stereocenters. The molecule has 1 fully saturated rings. The summed E-state index contributed by atoms with van der Waals surface area (Å²) in [6.07, 6.45) is -3.08. The van der Waals surface area contributed by atoms with Crippen LogP contribution in [-0.2, 0) is 4.74 Å². The van der Waals surface area contributed by atoms with Crippen molar-refractivity contribution in [2.45, 2.75) is 27.6 Å². The number of carbonyl (C=O) groups is 1. The number of carbonyl (C=O) groups excluding carboxylic acids is 1. The van der Waals surface area contributed by atoms with E-state index in [9.17, 15) is 30.3 Å². The number of ether oxygens (including phenoxy) is 1. The van der Waals surface area contributed by atoms with Gasteiger partial charge in [-0.2, -0.15) is 0 Å². The Bertz CT molecular complexity index is 827. The van der Waals surface area contributed by atoms with Gasteiger partial charge in [0.2, 0.25) is 10.7 Å². The van der Waals surface area contributed by atoms with E-state index in [0.717, 1.165) is 4.57 Å². The Morgan fingerprint density at radius 1 is 1.28 bits per heavy atom. The van der Waals surface area contributed by atoms with Gasteiger partial charge in [-0.3, -0.25) is 9.36 Å². The summed E-state index contributed by atoms with van der Waals surface area (Å²) in [7, 11) is 0. The number of aromatic nitrogens is 1. The molecule has 0 saturated carbocycles. The van der Waals surface area contributed by atoms with Crippen LogP contribution in [0.1, 0.15) is 4.79 Å². The molecule has 1 aliphatic heterocycles. The van der Waals surface area contributed by atoms with Gasteiger partial charge in [-0.05, 0) is 28.1 Å². The molecule has 1 aliphatic rings. The van der Waals surface area contributed by atoms with Crippen LogP contribution in [0.5, 0.6) is 0 Å². The first-order valence-corrected chi connectivity index (χ1v) is 8.35. The summed E-state index contributed by atoms with van der Waals surface area (Å²) in [5.41, 5.74) is -2.73. The number of aliphatic hydroxyl groups is 5. The maximum absolute atomic E-state index is 13.0. The van der Waals surface area contributed by atoms with Crippen molar-refractivity contribution in [2.75, 3.05) is 6.61 Å². The van der Waals surface area contributed by atoms with Crippen molar-refractivity contribution < 1.29 is 35.1 Å². The highest BCUT2D eigenvalue weighted by molar-refractivity contribution is 9.10. The van der Waals surface area contributed by atoms with Gasteiger partial charge in [-0.15, -0.1) is 0 Å². The minimum atomic E-state index is -3.11. The Morgan fingerprint density at radius 3 is 2.56 bits per heavy atom. The Hall–Kier alpha value is -1.04. The molecule has 25 heavy (non-hydrogen) atoms. The van der Waals surface area contributed by atoms with Gasteiger partial charge in [0.05, 0.1) is 12.1 Å². The normalized spacial score (nSPS) is 38.8. The summed E-state index contributed by atoms with van der Waals surface area (Å²) in [6.45, 7) is -1.02. The van der Waals surface area contributed by atoms with Gasteiger partial charge in [0, 0.05) is 11.6 Å². The first kappa shape index (κ1) is 18.7. The van der Waals surface area contributed by atoms with Crippen molar-refractivity contribution >= 4 is 44.3 Å². The quantitative estimate of drug-likeness (QED) is 0.410. The number of hydrogen-bond acceptors (Lipinski definition) is 7. The number of rotatable bonds is 2. The van der Waals surface area contributed by atoms with Gasteiger partial charge in [0.1, 0.15) is 6.10 Å². The fraction of sp³-hybridized carbons (Fsp3) is 0.400. The van der Waals surface area contributed by atoms with Crippen LogP contribution >= 0.6 is 27.5 Å². The molecule has 0 spiro atoms. The maximum Gasteiger partial charge on any atom is 0.270 e. The number of nitrogens with zero attached hydrogens (tertiary/aromatic N) is 1. The summed E-state index contributed by atoms with van der Waals surface area (Å²) in [6, 6.07) is 8.28.